The summed E-state index contributed by atoms with van der Waals surface area (Å²) in [6, 6.07) is 11.6. The quantitative estimate of drug-likeness (QED) is 0.743. The third-order valence-corrected chi connectivity index (χ3v) is 10.3. The fourth-order valence-corrected chi connectivity index (χ4v) is 7.99. The fraction of sp³-hybridized carbons (Fsp3) is 0.412. The molecule has 0 aliphatic carbocycles. The maximum atomic E-state index is 13.1. The normalized spacial score (nSPS) is 21.6. The first-order valence-corrected chi connectivity index (χ1v) is 12.4. The number of ether oxygens (including phenoxy) is 1. The van der Waals surface area contributed by atoms with Crippen LogP contribution in [0.1, 0.15) is 12.8 Å². The Labute approximate surface area is 163 Å². The van der Waals surface area contributed by atoms with Crippen molar-refractivity contribution in [2.24, 2.45) is 0 Å². The van der Waals surface area contributed by atoms with E-state index in [4.69, 9.17) is 4.74 Å². The average molecular weight is 429 g/mol. The van der Waals surface area contributed by atoms with Crippen LogP contribution in [0.5, 0.6) is 0 Å². The number of nitrogens with zero attached hydrogens (tertiary/aromatic N) is 2. The summed E-state index contributed by atoms with van der Waals surface area (Å²) in [4.78, 5) is 0.225. The van der Waals surface area contributed by atoms with Gasteiger partial charge in [-0.1, -0.05) is 24.3 Å². The highest BCUT2D eigenvalue weighted by Gasteiger charge is 2.51. The molecule has 3 heterocycles. The SMILES string of the molecule is O=S(=O)(c1cccs1)N1CCC2(CC1)OCCN2S(=O)(=O)c1ccccc1. The number of hydrogen-bond donors (Lipinski definition) is 0. The van der Waals surface area contributed by atoms with Gasteiger partial charge in [-0.05, 0) is 23.6 Å². The van der Waals surface area contributed by atoms with Crippen LogP contribution in [0, 0.1) is 0 Å². The van der Waals surface area contributed by atoms with Crippen molar-refractivity contribution in [3.8, 4) is 0 Å². The van der Waals surface area contributed by atoms with E-state index < -0.39 is 25.8 Å². The molecule has 2 saturated heterocycles. The molecule has 0 unspecified atom stereocenters. The molecule has 0 N–H and O–H groups in total. The standard InChI is InChI=1S/C17H20N2O5S3/c20-26(21,15-5-2-1-3-6-15)19-12-13-24-17(19)8-10-18(11-9-17)27(22,23)16-7-4-14-25-16/h1-7,14H,8-13H2. The molecule has 27 heavy (non-hydrogen) atoms. The Morgan fingerprint density at radius 3 is 2.22 bits per heavy atom. The second kappa shape index (κ2) is 6.94. The van der Waals surface area contributed by atoms with E-state index in [1.807, 2.05) is 0 Å². The lowest BCUT2D eigenvalue weighted by atomic mass is 10.0. The summed E-state index contributed by atoms with van der Waals surface area (Å²) in [5.41, 5.74) is -0.976. The predicted octanol–water partition coefficient (Wildman–Crippen LogP) is 1.95. The molecule has 2 fully saturated rings. The molecule has 0 saturated carbocycles. The highest BCUT2D eigenvalue weighted by Crippen LogP contribution is 2.39. The number of thiophene rings is 1. The van der Waals surface area contributed by atoms with E-state index in [9.17, 15) is 16.8 Å². The first kappa shape index (κ1) is 19.0. The lowest BCUT2D eigenvalue weighted by Gasteiger charge is -2.42. The summed E-state index contributed by atoms with van der Waals surface area (Å²) in [7, 11) is -7.24. The summed E-state index contributed by atoms with van der Waals surface area (Å²) in [5, 5.41) is 1.73. The Bertz CT molecular complexity index is 996. The average Bonchev–Trinajstić information content (AvgIpc) is 3.34. The molecule has 1 aromatic carbocycles. The van der Waals surface area contributed by atoms with E-state index >= 15 is 0 Å². The van der Waals surface area contributed by atoms with E-state index in [2.05, 4.69) is 0 Å². The van der Waals surface area contributed by atoms with Crippen LogP contribution < -0.4 is 0 Å². The van der Waals surface area contributed by atoms with Crippen molar-refractivity contribution in [1.82, 2.24) is 8.61 Å². The molecule has 2 aliphatic heterocycles. The summed E-state index contributed by atoms with van der Waals surface area (Å²) in [5.74, 6) is 0. The molecule has 10 heteroatoms. The molecular formula is C17H20N2O5S3. The molecule has 0 amide bonds. The molecular weight excluding hydrogens is 408 g/mol. The Kier molecular flexibility index (Phi) is 4.90. The van der Waals surface area contributed by atoms with E-state index in [1.54, 1.807) is 47.8 Å². The maximum Gasteiger partial charge on any atom is 0.252 e. The predicted molar refractivity (Wildman–Crippen MR) is 101 cm³/mol. The minimum absolute atomic E-state index is 0.223. The molecule has 146 valence electrons. The topological polar surface area (TPSA) is 84.0 Å². The van der Waals surface area contributed by atoms with Gasteiger partial charge in [-0.25, -0.2) is 16.8 Å². The number of rotatable bonds is 4. The zero-order valence-corrected chi connectivity index (χ0v) is 17.0. The van der Waals surface area contributed by atoms with Crippen molar-refractivity contribution in [2.45, 2.75) is 27.7 Å². The van der Waals surface area contributed by atoms with Gasteiger partial charge in [0.05, 0.1) is 11.5 Å². The zero-order valence-electron chi connectivity index (χ0n) is 14.5. The van der Waals surface area contributed by atoms with Crippen LogP contribution in [0.25, 0.3) is 0 Å². The van der Waals surface area contributed by atoms with Crippen molar-refractivity contribution < 1.29 is 21.6 Å². The van der Waals surface area contributed by atoms with Gasteiger partial charge in [0.1, 0.15) is 9.93 Å². The molecule has 7 nitrogen and oxygen atoms in total. The summed E-state index contributed by atoms with van der Waals surface area (Å²) in [6.45, 7) is 1.03. The number of piperidine rings is 1. The molecule has 1 spiro atoms. The first-order chi connectivity index (χ1) is 12.9. The van der Waals surface area contributed by atoms with Crippen molar-refractivity contribution in [1.29, 1.82) is 0 Å². The first-order valence-electron chi connectivity index (χ1n) is 8.62. The van der Waals surface area contributed by atoms with Gasteiger partial charge in [-0.15, -0.1) is 11.3 Å². The second-order valence-electron chi connectivity index (χ2n) is 6.52. The number of sulfonamides is 2. The number of benzene rings is 1. The Balaban J connectivity index is 1.57. The molecule has 2 aromatic rings. The monoisotopic (exact) mass is 428 g/mol. The highest BCUT2D eigenvalue weighted by atomic mass is 32.2. The van der Waals surface area contributed by atoms with E-state index in [1.165, 1.54) is 19.9 Å². The summed E-state index contributed by atoms with van der Waals surface area (Å²) >= 11 is 1.18. The summed E-state index contributed by atoms with van der Waals surface area (Å²) in [6.07, 6.45) is 0.618. The lowest BCUT2D eigenvalue weighted by molar-refractivity contribution is -0.0806. The van der Waals surface area contributed by atoms with Crippen molar-refractivity contribution >= 4 is 31.4 Å². The van der Waals surface area contributed by atoms with Crippen LogP contribution in [0.2, 0.25) is 0 Å². The van der Waals surface area contributed by atoms with Crippen molar-refractivity contribution in [3.05, 3.63) is 47.8 Å². The fourth-order valence-electron chi connectivity index (χ4n) is 3.66. The Morgan fingerprint density at radius 1 is 0.889 bits per heavy atom. The minimum Gasteiger partial charge on any atom is -0.358 e. The van der Waals surface area contributed by atoms with Gasteiger partial charge in [-0.2, -0.15) is 8.61 Å². The lowest BCUT2D eigenvalue weighted by Crippen LogP contribution is -2.55. The Hall–Kier alpha value is -1.30. The van der Waals surface area contributed by atoms with Crippen molar-refractivity contribution in [2.75, 3.05) is 26.2 Å². The molecule has 4 rings (SSSR count). The van der Waals surface area contributed by atoms with Crippen LogP contribution in [0.3, 0.4) is 0 Å². The Morgan fingerprint density at radius 2 is 1.59 bits per heavy atom. The molecule has 2 aliphatic rings. The van der Waals surface area contributed by atoms with Crippen LogP contribution in [0.4, 0.5) is 0 Å². The van der Waals surface area contributed by atoms with E-state index in [0.717, 1.165) is 0 Å². The zero-order chi connectivity index (χ0) is 19.1. The third-order valence-electron chi connectivity index (χ3n) is 5.04. The van der Waals surface area contributed by atoms with Crippen LogP contribution in [-0.2, 0) is 24.8 Å². The van der Waals surface area contributed by atoms with Crippen LogP contribution >= 0.6 is 11.3 Å². The van der Waals surface area contributed by atoms with Gasteiger partial charge in [0.15, 0.2) is 0 Å². The van der Waals surface area contributed by atoms with Gasteiger partial charge in [0.2, 0.25) is 10.0 Å². The number of hydrogen-bond acceptors (Lipinski definition) is 6. The molecule has 1 aromatic heterocycles. The largest absolute Gasteiger partial charge is 0.358 e. The molecule has 0 atom stereocenters. The molecule has 0 radical (unpaired) electrons. The smallest absolute Gasteiger partial charge is 0.252 e. The molecule has 0 bridgehead atoms. The van der Waals surface area contributed by atoms with Gasteiger partial charge in [-0.3, -0.25) is 0 Å². The highest BCUT2D eigenvalue weighted by molar-refractivity contribution is 7.91. The second-order valence-corrected chi connectivity index (χ2v) is 11.5. The third kappa shape index (κ3) is 3.24. The van der Waals surface area contributed by atoms with Crippen molar-refractivity contribution in [3.63, 3.8) is 0 Å². The van der Waals surface area contributed by atoms with Gasteiger partial charge in [0, 0.05) is 32.5 Å². The van der Waals surface area contributed by atoms with Gasteiger partial charge < -0.3 is 4.74 Å². The van der Waals surface area contributed by atoms with E-state index in [-0.39, 0.29) is 24.5 Å². The van der Waals surface area contributed by atoms with Gasteiger partial charge in [0.25, 0.3) is 10.0 Å². The summed E-state index contributed by atoms with van der Waals surface area (Å²) < 4.78 is 60.6. The minimum atomic E-state index is -3.70. The van der Waals surface area contributed by atoms with E-state index in [0.29, 0.717) is 23.7 Å². The van der Waals surface area contributed by atoms with Crippen LogP contribution in [0.15, 0.2) is 56.9 Å². The van der Waals surface area contributed by atoms with Crippen LogP contribution in [-0.4, -0.2) is 57.4 Å². The van der Waals surface area contributed by atoms with Gasteiger partial charge >= 0.3 is 0 Å². The maximum absolute atomic E-state index is 13.1.